The normalized spacial score (nSPS) is 34.5. The maximum atomic E-state index is 15.4. The fourth-order valence-electron chi connectivity index (χ4n) is 13.4. The highest BCUT2D eigenvalue weighted by atomic mass is 19.3. The lowest BCUT2D eigenvalue weighted by Crippen LogP contribution is -2.81. The Morgan fingerprint density at radius 3 is 2.50 bits per heavy atom. The summed E-state index contributed by atoms with van der Waals surface area (Å²) >= 11 is 0. The average molecular weight is 858 g/mol. The standard InChI is InChI=1S/C45H53F2N7O8/c1-8-42-12-9-14-54-15-13-43(36(42)54)30-18-31(34(59-5)19-33(30)52(4)37(43)45(58,40(57)61-7)38(42)62-24(2)55)44(39(56)60-6)20-25-16-26(41(3,46)47)22-53(21-25)23-29-28-17-27(50-51-48)10-11-32(28)49-35(29)44/h9-12,17-19,25-26,36-38,49,58H,8,13-16,20-23H2,1-7H3/t25-,26?,36-,37+,38+,42+,43+,44-,45-/m0/s1. The summed E-state index contributed by atoms with van der Waals surface area (Å²) in [5.41, 5.74) is 7.22. The minimum Gasteiger partial charge on any atom is -0.496 e. The molecule has 1 aliphatic carbocycles. The van der Waals surface area contributed by atoms with Crippen LogP contribution in [0.3, 0.4) is 0 Å². The van der Waals surface area contributed by atoms with E-state index in [0.717, 1.165) is 12.5 Å². The number of piperidine rings is 1. The number of benzene rings is 2. The molecule has 2 aromatic carbocycles. The van der Waals surface area contributed by atoms with Gasteiger partial charge in [0.25, 0.3) is 0 Å². The maximum Gasteiger partial charge on any atom is 0.344 e. The van der Waals surface area contributed by atoms with Crippen LogP contribution < -0.4 is 9.64 Å². The first kappa shape index (κ1) is 42.1. The number of methoxy groups -OCH3 is 3. The number of nitrogens with one attached hydrogen (secondary N) is 1. The zero-order chi connectivity index (χ0) is 44.3. The summed E-state index contributed by atoms with van der Waals surface area (Å²) in [6.45, 7) is 6.12. The lowest BCUT2D eigenvalue weighted by atomic mass is 9.47. The third-order valence-electron chi connectivity index (χ3n) is 15.5. The van der Waals surface area contributed by atoms with E-state index in [1.165, 1.54) is 28.3 Å². The minimum absolute atomic E-state index is 0.0744. The molecule has 1 saturated carbocycles. The second-order valence-corrected chi connectivity index (χ2v) is 18.4. The molecule has 3 fully saturated rings. The number of azide groups is 1. The van der Waals surface area contributed by atoms with Crippen LogP contribution in [0.15, 0.2) is 47.6 Å². The Bertz CT molecular complexity index is 2470. The van der Waals surface area contributed by atoms with Crippen LogP contribution >= 0.6 is 0 Å². The van der Waals surface area contributed by atoms with Crippen molar-refractivity contribution < 1.29 is 47.2 Å². The van der Waals surface area contributed by atoms with E-state index in [0.29, 0.717) is 77.3 Å². The molecule has 2 N–H and O–H groups in total. The molecule has 9 rings (SSSR count). The lowest BCUT2D eigenvalue weighted by Gasteiger charge is -2.63. The summed E-state index contributed by atoms with van der Waals surface area (Å²) in [6.07, 6.45) is 3.76. The number of halogens is 2. The topological polar surface area (TPSA) is 183 Å². The number of hydrogen-bond donors (Lipinski definition) is 2. The highest BCUT2D eigenvalue weighted by Gasteiger charge is 2.80. The largest absolute Gasteiger partial charge is 0.496 e. The Morgan fingerprint density at radius 1 is 1.08 bits per heavy atom. The Balaban J connectivity index is 1.37. The first-order valence-corrected chi connectivity index (χ1v) is 21.2. The van der Waals surface area contributed by atoms with Gasteiger partial charge in [0.05, 0.1) is 27.4 Å². The molecule has 3 aromatic rings. The van der Waals surface area contributed by atoms with Gasteiger partial charge in [-0.05, 0) is 79.9 Å². The molecule has 2 unspecified atom stereocenters. The average Bonchev–Trinajstić information content (AvgIpc) is 3.89. The van der Waals surface area contributed by atoms with Crippen LogP contribution in [0.4, 0.5) is 20.2 Å². The third-order valence-corrected chi connectivity index (χ3v) is 15.5. The molecule has 15 nitrogen and oxygen atoms in total. The fraction of sp³-hybridized carbons (Fsp3) is 0.578. The maximum absolute atomic E-state index is 15.4. The van der Waals surface area contributed by atoms with E-state index in [1.54, 1.807) is 25.2 Å². The Labute approximate surface area is 357 Å². The van der Waals surface area contributed by atoms with E-state index in [-0.39, 0.29) is 25.9 Å². The van der Waals surface area contributed by atoms with Crippen molar-refractivity contribution in [3.05, 3.63) is 75.3 Å². The molecule has 1 spiro atoms. The number of fused-ring (bicyclic) bond motifs is 6. The molecule has 5 aliphatic heterocycles. The molecule has 6 heterocycles. The van der Waals surface area contributed by atoms with Crippen LogP contribution in [0.5, 0.6) is 5.75 Å². The molecule has 2 saturated heterocycles. The van der Waals surface area contributed by atoms with E-state index < -0.39 is 75.7 Å². The van der Waals surface area contributed by atoms with E-state index >= 15 is 13.6 Å². The van der Waals surface area contributed by atoms with Gasteiger partial charge in [0.1, 0.15) is 11.2 Å². The predicted octanol–water partition coefficient (Wildman–Crippen LogP) is 6.02. The number of ether oxygens (including phenoxy) is 4. The van der Waals surface area contributed by atoms with Crippen molar-refractivity contribution in [3.8, 4) is 5.75 Å². The zero-order valence-corrected chi connectivity index (χ0v) is 36.0. The second kappa shape index (κ2) is 14.4. The molecule has 6 aliphatic rings. The first-order chi connectivity index (χ1) is 29.5. The van der Waals surface area contributed by atoms with Crippen molar-refractivity contribution in [1.82, 2.24) is 14.8 Å². The van der Waals surface area contributed by atoms with Crippen LogP contribution in [-0.4, -0.2) is 122 Å². The third kappa shape index (κ3) is 5.50. The second-order valence-electron chi connectivity index (χ2n) is 18.4. The monoisotopic (exact) mass is 857 g/mol. The summed E-state index contributed by atoms with van der Waals surface area (Å²) in [6, 6.07) is 7.55. The Kier molecular flexibility index (Phi) is 9.78. The minimum atomic E-state index is -3.00. The van der Waals surface area contributed by atoms with E-state index in [4.69, 9.17) is 18.9 Å². The molecule has 17 heteroatoms. The van der Waals surface area contributed by atoms with Crippen LogP contribution in [0, 0.1) is 17.3 Å². The number of nitrogens with zero attached hydrogens (tertiary/aromatic N) is 6. The van der Waals surface area contributed by atoms with Crippen molar-refractivity contribution in [1.29, 1.82) is 0 Å². The number of esters is 3. The quantitative estimate of drug-likeness (QED) is 0.0675. The van der Waals surface area contributed by atoms with Gasteiger partial charge in [0.15, 0.2) is 6.10 Å². The van der Waals surface area contributed by atoms with E-state index in [2.05, 4.69) is 19.9 Å². The van der Waals surface area contributed by atoms with Gasteiger partial charge in [-0.3, -0.25) is 19.4 Å². The number of aromatic amines is 1. The Hall–Kier alpha value is -5.22. The number of H-pyrrole nitrogens is 1. The summed E-state index contributed by atoms with van der Waals surface area (Å²) in [5, 5.41) is 17.8. The number of likely N-dealkylation sites (N-methyl/N-ethyl adjacent to an activating group) is 1. The van der Waals surface area contributed by atoms with Gasteiger partial charge in [0, 0.05) is 107 Å². The molecular formula is C45H53F2N7O8. The van der Waals surface area contributed by atoms with Gasteiger partial charge in [-0.2, -0.15) is 0 Å². The SMILES string of the molecule is CC[C@]12C=CCN3CC[C@@]4(c5cc([C@@]6(C(=O)OC)C[C@@H]7CC(C(C)(F)F)CN(Cc8c6[nH]c6ccc(N=[N+]=[N-])cc86)C7)c(OC)cc5N(C)[C@H]4[C@@](O)(C(=O)OC)[C@@H]1OC(C)=O)[C@@H]32. The van der Waals surface area contributed by atoms with E-state index in [1.807, 2.05) is 41.0 Å². The number of anilines is 1. The highest BCUT2D eigenvalue weighted by molar-refractivity contribution is 5.95. The number of carbonyl (C=O) groups excluding carboxylic acids is 3. The van der Waals surface area contributed by atoms with Crippen LogP contribution in [0.2, 0.25) is 0 Å². The van der Waals surface area contributed by atoms with Gasteiger partial charge in [-0.25, -0.2) is 13.6 Å². The summed E-state index contributed by atoms with van der Waals surface area (Å²) in [7, 11) is 5.81. The number of aliphatic hydroxyl groups is 1. The molecule has 0 amide bonds. The lowest BCUT2D eigenvalue weighted by molar-refractivity contribution is -0.228. The van der Waals surface area contributed by atoms with Gasteiger partial charge >= 0.3 is 17.9 Å². The zero-order valence-electron chi connectivity index (χ0n) is 36.0. The molecular weight excluding hydrogens is 805 g/mol. The van der Waals surface area contributed by atoms with Gasteiger partial charge in [-0.15, -0.1) is 0 Å². The predicted molar refractivity (Wildman–Crippen MR) is 223 cm³/mol. The highest BCUT2D eigenvalue weighted by Crippen LogP contribution is 2.68. The number of aromatic nitrogens is 1. The van der Waals surface area contributed by atoms with Crippen molar-refractivity contribution in [2.24, 2.45) is 22.4 Å². The summed E-state index contributed by atoms with van der Waals surface area (Å²) < 4.78 is 54.5. The number of alkyl halides is 2. The smallest absolute Gasteiger partial charge is 0.344 e. The van der Waals surface area contributed by atoms with Crippen molar-refractivity contribution >= 4 is 40.2 Å². The van der Waals surface area contributed by atoms with Crippen molar-refractivity contribution in [2.45, 2.75) is 93.5 Å². The Morgan fingerprint density at radius 2 is 1.84 bits per heavy atom. The van der Waals surface area contributed by atoms with Crippen LogP contribution in [0.25, 0.3) is 21.3 Å². The van der Waals surface area contributed by atoms with Gasteiger partial charge < -0.3 is 33.9 Å². The summed E-state index contributed by atoms with van der Waals surface area (Å²) in [5.74, 6) is -6.31. The molecule has 330 valence electrons. The van der Waals surface area contributed by atoms with Crippen LogP contribution in [-0.2, 0) is 46.0 Å². The number of carbonyl (C=O) groups is 3. The molecule has 2 bridgehead atoms. The van der Waals surface area contributed by atoms with Gasteiger partial charge in [0.2, 0.25) is 11.5 Å². The summed E-state index contributed by atoms with van der Waals surface area (Å²) in [4.78, 5) is 55.4. The van der Waals surface area contributed by atoms with E-state index in [9.17, 15) is 20.2 Å². The van der Waals surface area contributed by atoms with Gasteiger partial charge in [-0.1, -0.05) is 30.3 Å². The number of hydrogen-bond acceptors (Lipinski definition) is 12. The number of rotatable bonds is 8. The van der Waals surface area contributed by atoms with Crippen LogP contribution in [0.1, 0.15) is 68.8 Å². The van der Waals surface area contributed by atoms with Crippen molar-refractivity contribution in [2.75, 3.05) is 59.5 Å². The van der Waals surface area contributed by atoms with Crippen molar-refractivity contribution in [3.63, 3.8) is 0 Å². The molecule has 1 aromatic heterocycles. The molecule has 0 radical (unpaired) electrons. The first-order valence-electron chi connectivity index (χ1n) is 21.2. The molecule has 62 heavy (non-hydrogen) atoms. The fourth-order valence-corrected chi connectivity index (χ4v) is 13.4. The molecule has 10 atom stereocenters.